The lowest BCUT2D eigenvalue weighted by Crippen LogP contribution is -2.21. The summed E-state index contributed by atoms with van der Waals surface area (Å²) in [6, 6.07) is 10.6. The highest BCUT2D eigenvalue weighted by atomic mass is 32.1. The van der Waals surface area contributed by atoms with Crippen LogP contribution in [0, 0.1) is 0 Å². The Morgan fingerprint density at radius 3 is 2.19 bits per heavy atom. The molecule has 0 saturated heterocycles. The van der Waals surface area contributed by atoms with Crippen LogP contribution in [-0.4, -0.2) is 37.1 Å². The van der Waals surface area contributed by atoms with Crippen LogP contribution in [0.3, 0.4) is 0 Å². The number of aromatic nitrogens is 3. The minimum atomic E-state index is -5.08. The van der Waals surface area contributed by atoms with Crippen LogP contribution in [0.5, 0.6) is 5.75 Å². The summed E-state index contributed by atoms with van der Waals surface area (Å²) >= 11 is 1.50. The fraction of sp³-hybridized carbons (Fsp3) is 0.100. The van der Waals surface area contributed by atoms with E-state index < -0.39 is 12.1 Å². The summed E-state index contributed by atoms with van der Waals surface area (Å²) in [4.78, 5) is 25.6. The van der Waals surface area contributed by atoms with Gasteiger partial charge in [-0.05, 0) is 42.0 Å². The van der Waals surface area contributed by atoms with Gasteiger partial charge in [-0.2, -0.15) is 18.3 Å². The normalized spacial score (nSPS) is 11.1. The number of phenolic OH excluding ortho intramolecular Hbond substituents is 1. The first-order valence-corrected chi connectivity index (χ1v) is 9.46. The number of hydrogen-bond donors (Lipinski definition) is 2. The molecular formula is C20H14F3N3O4S. The molecule has 0 bridgehead atoms. The monoisotopic (exact) mass is 449 g/mol. The van der Waals surface area contributed by atoms with Gasteiger partial charge in [0.1, 0.15) is 11.4 Å². The highest BCUT2D eigenvalue weighted by Crippen LogP contribution is 2.36. The number of hydrogen-bond acceptors (Lipinski definition) is 6. The van der Waals surface area contributed by atoms with Crippen LogP contribution in [0.25, 0.3) is 32.5 Å². The third-order valence-corrected chi connectivity index (χ3v) is 5.13. The van der Waals surface area contributed by atoms with Crippen molar-refractivity contribution in [3.8, 4) is 28.1 Å². The molecule has 3 heterocycles. The zero-order valence-corrected chi connectivity index (χ0v) is 16.6. The molecule has 11 heteroatoms. The summed E-state index contributed by atoms with van der Waals surface area (Å²) in [5, 5.41) is 23.7. The summed E-state index contributed by atoms with van der Waals surface area (Å²) in [6.45, 7) is 0. The van der Waals surface area contributed by atoms with Crippen LogP contribution in [0.1, 0.15) is 0 Å². The quantitative estimate of drug-likeness (QED) is 0.478. The minimum absolute atomic E-state index is 0.124. The number of pyridine rings is 1. The maximum Gasteiger partial charge on any atom is 0.490 e. The standard InChI is InChI=1S/C18H13N3O2S.C2HF3O2/c1-21-18(23)15-14(11-6-8-19-9-7-11)10-24-17(15)16(20-21)12-2-4-13(22)5-3-12;3-2(4,5)1(6)7/h2-10,22H,1H3;(H,6,7). The van der Waals surface area contributed by atoms with Gasteiger partial charge in [-0.25, -0.2) is 9.48 Å². The second-order valence-electron chi connectivity index (χ2n) is 6.22. The van der Waals surface area contributed by atoms with E-state index in [9.17, 15) is 23.1 Å². The number of halogens is 3. The SMILES string of the molecule is Cn1nc(-c2ccc(O)cc2)c2scc(-c3ccncc3)c2c1=O.O=C(O)C(F)(F)F. The molecule has 4 rings (SSSR count). The van der Waals surface area contributed by atoms with Gasteiger partial charge in [-0.3, -0.25) is 9.78 Å². The molecule has 0 unspecified atom stereocenters. The van der Waals surface area contributed by atoms with E-state index in [0.29, 0.717) is 5.39 Å². The lowest BCUT2D eigenvalue weighted by Gasteiger charge is -2.07. The Kier molecular flexibility index (Phi) is 6.07. The third-order valence-electron chi connectivity index (χ3n) is 4.14. The van der Waals surface area contributed by atoms with Crippen molar-refractivity contribution in [3.63, 3.8) is 0 Å². The minimum Gasteiger partial charge on any atom is -0.508 e. The lowest BCUT2D eigenvalue weighted by atomic mass is 10.1. The molecule has 0 radical (unpaired) electrons. The first kappa shape index (κ1) is 22.0. The van der Waals surface area contributed by atoms with Gasteiger partial charge in [0.25, 0.3) is 5.56 Å². The van der Waals surface area contributed by atoms with Crippen molar-refractivity contribution in [2.45, 2.75) is 6.18 Å². The summed E-state index contributed by atoms with van der Waals surface area (Å²) < 4.78 is 33.9. The van der Waals surface area contributed by atoms with E-state index in [2.05, 4.69) is 10.1 Å². The molecule has 0 aliphatic rings. The van der Waals surface area contributed by atoms with Gasteiger partial charge in [0.2, 0.25) is 0 Å². The molecule has 0 spiro atoms. The molecule has 2 N–H and O–H groups in total. The van der Waals surface area contributed by atoms with Crippen LogP contribution in [0.4, 0.5) is 13.2 Å². The maximum atomic E-state index is 12.7. The zero-order valence-electron chi connectivity index (χ0n) is 15.8. The second kappa shape index (κ2) is 8.56. The third kappa shape index (κ3) is 4.72. The lowest BCUT2D eigenvalue weighted by molar-refractivity contribution is -0.192. The molecule has 0 saturated carbocycles. The Balaban J connectivity index is 0.000000339. The van der Waals surface area contributed by atoms with Crippen molar-refractivity contribution in [1.82, 2.24) is 14.8 Å². The van der Waals surface area contributed by atoms with Gasteiger partial charge in [-0.15, -0.1) is 11.3 Å². The number of carbonyl (C=O) groups is 1. The first-order chi connectivity index (χ1) is 14.6. The molecule has 31 heavy (non-hydrogen) atoms. The van der Waals surface area contributed by atoms with Crippen molar-refractivity contribution < 1.29 is 28.2 Å². The molecule has 1 aromatic carbocycles. The van der Waals surface area contributed by atoms with Crippen molar-refractivity contribution in [2.24, 2.45) is 7.05 Å². The van der Waals surface area contributed by atoms with E-state index in [1.54, 1.807) is 43.7 Å². The largest absolute Gasteiger partial charge is 0.508 e. The van der Waals surface area contributed by atoms with E-state index in [1.165, 1.54) is 16.0 Å². The van der Waals surface area contributed by atoms with Crippen LogP contribution in [0.15, 0.2) is 59.0 Å². The van der Waals surface area contributed by atoms with E-state index in [1.807, 2.05) is 17.5 Å². The van der Waals surface area contributed by atoms with E-state index in [4.69, 9.17) is 9.90 Å². The zero-order chi connectivity index (χ0) is 22.8. The van der Waals surface area contributed by atoms with E-state index in [-0.39, 0.29) is 11.3 Å². The fourth-order valence-electron chi connectivity index (χ4n) is 2.70. The Hall–Kier alpha value is -3.73. The average molecular weight is 449 g/mol. The number of aryl methyl sites for hydroxylation is 1. The Labute approximate surface area is 176 Å². The number of fused-ring (bicyclic) bond motifs is 1. The van der Waals surface area contributed by atoms with Gasteiger partial charge < -0.3 is 10.2 Å². The Bertz CT molecular complexity index is 1280. The van der Waals surface area contributed by atoms with E-state index in [0.717, 1.165) is 27.1 Å². The second-order valence-corrected chi connectivity index (χ2v) is 7.10. The number of phenols is 1. The number of alkyl halides is 3. The van der Waals surface area contributed by atoms with Crippen LogP contribution < -0.4 is 5.56 Å². The predicted octanol–water partition coefficient (Wildman–Crippen LogP) is 4.06. The van der Waals surface area contributed by atoms with Gasteiger partial charge in [0, 0.05) is 35.9 Å². The first-order valence-electron chi connectivity index (χ1n) is 8.58. The van der Waals surface area contributed by atoms with Crippen LogP contribution in [0.2, 0.25) is 0 Å². The van der Waals surface area contributed by atoms with Gasteiger partial charge in [-0.1, -0.05) is 0 Å². The Morgan fingerprint density at radius 2 is 1.65 bits per heavy atom. The number of nitrogens with zero attached hydrogens (tertiary/aromatic N) is 3. The van der Waals surface area contributed by atoms with Gasteiger partial charge in [0.05, 0.1) is 10.1 Å². The molecule has 0 atom stereocenters. The number of thiophene rings is 1. The van der Waals surface area contributed by atoms with Crippen molar-refractivity contribution >= 4 is 27.4 Å². The van der Waals surface area contributed by atoms with Gasteiger partial charge in [0.15, 0.2) is 0 Å². The molecular weight excluding hydrogens is 435 g/mol. The summed E-state index contributed by atoms with van der Waals surface area (Å²) in [5.41, 5.74) is 3.31. The Morgan fingerprint density at radius 1 is 1.06 bits per heavy atom. The molecule has 0 aliphatic heterocycles. The average Bonchev–Trinajstić information content (AvgIpc) is 3.17. The fourth-order valence-corrected chi connectivity index (χ4v) is 3.77. The number of aliphatic carboxylic acids is 1. The number of carboxylic acids is 1. The van der Waals surface area contributed by atoms with E-state index >= 15 is 0 Å². The topological polar surface area (TPSA) is 105 Å². The number of carboxylic acid groups (broad SMARTS) is 1. The van der Waals surface area contributed by atoms with Crippen molar-refractivity contribution in [1.29, 1.82) is 0 Å². The summed E-state index contributed by atoms with van der Waals surface area (Å²) in [5.74, 6) is -2.56. The molecule has 3 aromatic heterocycles. The van der Waals surface area contributed by atoms with Crippen molar-refractivity contribution in [2.75, 3.05) is 0 Å². The van der Waals surface area contributed by atoms with Gasteiger partial charge >= 0.3 is 12.1 Å². The highest BCUT2D eigenvalue weighted by molar-refractivity contribution is 7.18. The van der Waals surface area contributed by atoms with Crippen LogP contribution in [-0.2, 0) is 11.8 Å². The van der Waals surface area contributed by atoms with Crippen LogP contribution >= 0.6 is 11.3 Å². The number of aromatic hydroxyl groups is 1. The van der Waals surface area contributed by atoms with Crippen molar-refractivity contribution in [3.05, 3.63) is 64.5 Å². The maximum absolute atomic E-state index is 12.7. The predicted molar refractivity (Wildman–Crippen MR) is 109 cm³/mol. The highest BCUT2D eigenvalue weighted by Gasteiger charge is 2.38. The molecule has 4 aromatic rings. The molecule has 0 aliphatic carbocycles. The number of benzene rings is 1. The molecule has 160 valence electrons. The number of rotatable bonds is 2. The molecule has 0 fully saturated rings. The summed E-state index contributed by atoms with van der Waals surface area (Å²) in [6.07, 6.45) is -1.66. The molecule has 0 amide bonds. The molecule has 7 nitrogen and oxygen atoms in total. The smallest absolute Gasteiger partial charge is 0.490 e. The summed E-state index contributed by atoms with van der Waals surface area (Å²) in [7, 11) is 1.65.